The van der Waals surface area contributed by atoms with Crippen LogP contribution in [0.3, 0.4) is 0 Å². The summed E-state index contributed by atoms with van der Waals surface area (Å²) in [6.07, 6.45) is 6.80. The highest BCUT2D eigenvalue weighted by Gasteiger charge is 2.50. The van der Waals surface area contributed by atoms with Gasteiger partial charge in [-0.2, -0.15) is 0 Å². The summed E-state index contributed by atoms with van der Waals surface area (Å²) in [6.45, 7) is 6.23. The van der Waals surface area contributed by atoms with Crippen LogP contribution in [0.25, 0.3) is 0 Å². The molecule has 0 amide bonds. The Balaban J connectivity index is 1.04. The van der Waals surface area contributed by atoms with Crippen LogP contribution >= 0.6 is 11.3 Å². The van der Waals surface area contributed by atoms with Crippen molar-refractivity contribution in [2.45, 2.75) is 50.2 Å². The first-order valence-corrected chi connectivity index (χ1v) is 12.2. The van der Waals surface area contributed by atoms with E-state index in [1.54, 1.807) is 11.3 Å². The first-order chi connectivity index (χ1) is 14.8. The van der Waals surface area contributed by atoms with Gasteiger partial charge >= 0.3 is 0 Å². The Hall–Kier alpha value is -1.70. The minimum atomic E-state index is 0.239. The number of aromatic nitrogens is 2. The Morgan fingerprint density at radius 3 is 2.67 bits per heavy atom. The molecule has 6 rings (SSSR count). The molecule has 3 saturated heterocycles. The first-order valence-electron chi connectivity index (χ1n) is 11.4. The molecule has 7 heteroatoms. The third kappa shape index (κ3) is 3.51. The van der Waals surface area contributed by atoms with Gasteiger partial charge < -0.3 is 19.3 Å². The Morgan fingerprint density at radius 2 is 1.93 bits per heavy atom. The van der Waals surface area contributed by atoms with Gasteiger partial charge in [-0.25, -0.2) is 0 Å². The summed E-state index contributed by atoms with van der Waals surface area (Å²) < 4.78 is 11.5. The molecule has 1 atom stereocenters. The lowest BCUT2D eigenvalue weighted by atomic mass is 9.78. The summed E-state index contributed by atoms with van der Waals surface area (Å²) in [4.78, 5) is 5.19. The molecule has 30 heavy (non-hydrogen) atoms. The van der Waals surface area contributed by atoms with E-state index in [0.29, 0.717) is 11.3 Å². The van der Waals surface area contributed by atoms with Crippen molar-refractivity contribution in [3.63, 3.8) is 0 Å². The Kier molecular flexibility index (Phi) is 4.93. The lowest BCUT2D eigenvalue weighted by Crippen LogP contribution is -2.56. The number of piperidine rings is 1. The maximum atomic E-state index is 6.20. The molecule has 1 aromatic heterocycles. The van der Waals surface area contributed by atoms with Gasteiger partial charge in [0.25, 0.3) is 0 Å². The van der Waals surface area contributed by atoms with Crippen LogP contribution in [0, 0.1) is 5.41 Å². The number of ether oxygens (including phenoxy) is 2. The largest absolute Gasteiger partial charge is 0.485 e. The fourth-order valence-electron chi connectivity index (χ4n) is 5.94. The monoisotopic (exact) mass is 426 g/mol. The van der Waals surface area contributed by atoms with E-state index in [1.807, 2.05) is 5.51 Å². The number of likely N-dealkylation sites (tertiary alicyclic amines) is 1. The standard InChI is InChI=1S/C23H30N4O2S/c1-2-4-21(29-19-12-28-13-19)20(3-1)17-6-9-26(10-7-17)18-5-8-23(11-18)14-27(15-23)22-25-24-16-30-22/h1-4,16-19H,5-15H2. The van der Waals surface area contributed by atoms with Crippen LogP contribution in [0.2, 0.25) is 0 Å². The van der Waals surface area contributed by atoms with Gasteiger partial charge in [0.2, 0.25) is 5.13 Å². The predicted octanol–water partition coefficient (Wildman–Crippen LogP) is 3.55. The third-order valence-electron chi connectivity index (χ3n) is 7.65. The van der Waals surface area contributed by atoms with Crippen molar-refractivity contribution in [2.75, 3.05) is 44.3 Å². The molecule has 0 bridgehead atoms. The van der Waals surface area contributed by atoms with E-state index >= 15 is 0 Å². The number of benzene rings is 1. The summed E-state index contributed by atoms with van der Waals surface area (Å²) in [6, 6.07) is 9.43. The van der Waals surface area contributed by atoms with Crippen molar-refractivity contribution < 1.29 is 9.47 Å². The molecular weight excluding hydrogens is 396 g/mol. The van der Waals surface area contributed by atoms with E-state index in [1.165, 1.54) is 63.8 Å². The molecule has 1 spiro atoms. The van der Waals surface area contributed by atoms with Crippen LogP contribution in [-0.4, -0.2) is 66.6 Å². The van der Waals surface area contributed by atoms with Crippen molar-refractivity contribution in [1.29, 1.82) is 0 Å². The number of hydrogen-bond donors (Lipinski definition) is 0. The number of nitrogens with zero attached hydrogens (tertiary/aromatic N) is 4. The van der Waals surface area contributed by atoms with E-state index in [2.05, 4.69) is 44.3 Å². The van der Waals surface area contributed by atoms with E-state index in [9.17, 15) is 0 Å². The van der Waals surface area contributed by atoms with Gasteiger partial charge in [-0.15, -0.1) is 10.2 Å². The lowest BCUT2D eigenvalue weighted by Gasteiger charge is -2.48. The molecule has 1 unspecified atom stereocenters. The minimum absolute atomic E-state index is 0.239. The molecule has 2 aromatic rings. The van der Waals surface area contributed by atoms with E-state index in [4.69, 9.17) is 9.47 Å². The maximum Gasteiger partial charge on any atom is 0.208 e. The molecular formula is C23H30N4O2S. The van der Waals surface area contributed by atoms with Gasteiger partial charge in [0.15, 0.2) is 0 Å². The summed E-state index contributed by atoms with van der Waals surface area (Å²) in [5, 5.41) is 9.33. The molecule has 0 radical (unpaired) electrons. The van der Waals surface area contributed by atoms with Gasteiger partial charge in [0, 0.05) is 24.5 Å². The molecule has 1 aromatic carbocycles. The maximum absolute atomic E-state index is 6.20. The number of anilines is 1. The summed E-state index contributed by atoms with van der Waals surface area (Å²) in [5.74, 6) is 1.70. The van der Waals surface area contributed by atoms with Crippen LogP contribution in [0.4, 0.5) is 5.13 Å². The molecule has 4 fully saturated rings. The fourth-order valence-corrected chi connectivity index (χ4v) is 6.50. The summed E-state index contributed by atoms with van der Waals surface area (Å²) in [7, 11) is 0. The van der Waals surface area contributed by atoms with Crippen LogP contribution < -0.4 is 9.64 Å². The second-order valence-electron chi connectivity index (χ2n) is 9.60. The lowest BCUT2D eigenvalue weighted by molar-refractivity contribution is -0.0801. The number of para-hydroxylation sites is 1. The molecule has 3 aliphatic heterocycles. The zero-order valence-corrected chi connectivity index (χ0v) is 18.2. The van der Waals surface area contributed by atoms with Crippen LogP contribution in [-0.2, 0) is 4.74 Å². The van der Waals surface area contributed by atoms with Crippen molar-refractivity contribution in [1.82, 2.24) is 15.1 Å². The Bertz CT molecular complexity index is 858. The second kappa shape index (κ2) is 7.77. The van der Waals surface area contributed by atoms with E-state index in [0.717, 1.165) is 30.1 Å². The van der Waals surface area contributed by atoms with Gasteiger partial charge in [0.05, 0.1) is 13.2 Å². The SMILES string of the molecule is c1ccc(C2CCN(C3CCC4(C3)CN(c3nncs3)C4)CC2)c(OC2COC2)c1. The van der Waals surface area contributed by atoms with Crippen molar-refractivity contribution in [3.8, 4) is 5.75 Å². The van der Waals surface area contributed by atoms with Crippen LogP contribution in [0.1, 0.15) is 43.6 Å². The van der Waals surface area contributed by atoms with Gasteiger partial charge in [-0.3, -0.25) is 0 Å². The normalized spacial score (nSPS) is 27.2. The van der Waals surface area contributed by atoms with Gasteiger partial charge in [-0.05, 0) is 62.7 Å². The highest BCUT2D eigenvalue weighted by molar-refractivity contribution is 7.13. The topological polar surface area (TPSA) is 50.7 Å². The van der Waals surface area contributed by atoms with Crippen LogP contribution in [0.5, 0.6) is 5.75 Å². The Labute approximate surface area is 182 Å². The quantitative estimate of drug-likeness (QED) is 0.729. The third-order valence-corrected chi connectivity index (χ3v) is 8.40. The molecule has 4 heterocycles. The molecule has 6 nitrogen and oxygen atoms in total. The highest BCUT2D eigenvalue weighted by atomic mass is 32.1. The summed E-state index contributed by atoms with van der Waals surface area (Å²) in [5.41, 5.74) is 3.77. The van der Waals surface area contributed by atoms with Crippen molar-refractivity contribution >= 4 is 16.5 Å². The minimum Gasteiger partial charge on any atom is -0.485 e. The second-order valence-corrected chi connectivity index (χ2v) is 10.4. The van der Waals surface area contributed by atoms with Gasteiger partial charge in [-0.1, -0.05) is 29.5 Å². The predicted molar refractivity (Wildman–Crippen MR) is 117 cm³/mol. The number of rotatable bonds is 5. The van der Waals surface area contributed by atoms with E-state index in [-0.39, 0.29) is 6.10 Å². The molecule has 1 saturated carbocycles. The molecule has 160 valence electrons. The highest BCUT2D eigenvalue weighted by Crippen LogP contribution is 2.49. The molecule has 1 aliphatic carbocycles. The van der Waals surface area contributed by atoms with Gasteiger partial charge in [0.1, 0.15) is 17.4 Å². The zero-order chi connectivity index (χ0) is 20.0. The van der Waals surface area contributed by atoms with Crippen molar-refractivity contribution in [3.05, 3.63) is 35.3 Å². The Morgan fingerprint density at radius 1 is 1.10 bits per heavy atom. The average Bonchev–Trinajstić information content (AvgIpc) is 3.40. The average molecular weight is 427 g/mol. The smallest absolute Gasteiger partial charge is 0.208 e. The molecule has 0 N–H and O–H groups in total. The van der Waals surface area contributed by atoms with Crippen LogP contribution in [0.15, 0.2) is 29.8 Å². The first kappa shape index (κ1) is 19.0. The summed E-state index contributed by atoms with van der Waals surface area (Å²) >= 11 is 1.66. The molecule has 4 aliphatic rings. The fraction of sp³-hybridized carbons (Fsp3) is 0.652. The number of hydrogen-bond acceptors (Lipinski definition) is 7. The van der Waals surface area contributed by atoms with Crippen molar-refractivity contribution in [2.24, 2.45) is 5.41 Å². The van der Waals surface area contributed by atoms with E-state index < -0.39 is 0 Å². The zero-order valence-electron chi connectivity index (χ0n) is 17.4.